The molecule has 0 saturated heterocycles. The van der Waals surface area contributed by atoms with E-state index in [0.29, 0.717) is 5.75 Å². The van der Waals surface area contributed by atoms with Crippen LogP contribution in [0.3, 0.4) is 0 Å². The molecule has 0 aliphatic rings. The summed E-state index contributed by atoms with van der Waals surface area (Å²) in [7, 11) is 3.46. The summed E-state index contributed by atoms with van der Waals surface area (Å²) in [6.45, 7) is 0. The molecular formula is C15H17NO2. The van der Waals surface area contributed by atoms with Gasteiger partial charge < -0.3 is 15.2 Å². The second-order valence-electron chi connectivity index (χ2n) is 4.06. The molecule has 18 heavy (non-hydrogen) atoms. The van der Waals surface area contributed by atoms with Crippen LogP contribution in [0.2, 0.25) is 0 Å². The maximum atomic E-state index is 10.1. The van der Waals surface area contributed by atoms with Crippen molar-refractivity contribution in [2.45, 2.75) is 6.04 Å². The van der Waals surface area contributed by atoms with Gasteiger partial charge in [0.2, 0.25) is 0 Å². The molecule has 0 bridgehead atoms. The molecule has 1 atom stereocenters. The van der Waals surface area contributed by atoms with Gasteiger partial charge in [0.15, 0.2) is 0 Å². The fourth-order valence-electron chi connectivity index (χ4n) is 2.04. The van der Waals surface area contributed by atoms with Crippen molar-refractivity contribution in [3.63, 3.8) is 0 Å². The molecule has 0 fully saturated rings. The van der Waals surface area contributed by atoms with E-state index in [1.807, 2.05) is 49.5 Å². The van der Waals surface area contributed by atoms with Crippen LogP contribution in [0.25, 0.3) is 0 Å². The lowest BCUT2D eigenvalue weighted by Gasteiger charge is -2.18. The zero-order valence-electron chi connectivity index (χ0n) is 10.6. The van der Waals surface area contributed by atoms with Crippen molar-refractivity contribution < 1.29 is 9.84 Å². The average Bonchev–Trinajstić information content (AvgIpc) is 2.42. The predicted octanol–water partition coefficient (Wildman–Crippen LogP) is 2.71. The molecule has 3 nitrogen and oxygen atoms in total. The van der Waals surface area contributed by atoms with Crippen molar-refractivity contribution >= 4 is 0 Å². The van der Waals surface area contributed by atoms with Crippen molar-refractivity contribution in [3.05, 3.63) is 59.7 Å². The van der Waals surface area contributed by atoms with Gasteiger partial charge in [0.05, 0.1) is 13.2 Å². The molecule has 0 amide bonds. The number of hydrogen-bond donors (Lipinski definition) is 2. The molecule has 94 valence electrons. The molecule has 2 aromatic rings. The summed E-state index contributed by atoms with van der Waals surface area (Å²) in [6, 6.07) is 15.3. The topological polar surface area (TPSA) is 41.5 Å². The van der Waals surface area contributed by atoms with Crippen molar-refractivity contribution in [2.24, 2.45) is 0 Å². The average molecular weight is 243 g/mol. The Hall–Kier alpha value is -2.00. The first-order valence-corrected chi connectivity index (χ1v) is 5.85. The fourth-order valence-corrected chi connectivity index (χ4v) is 2.04. The smallest absolute Gasteiger partial charge is 0.124 e. The number of rotatable bonds is 4. The zero-order chi connectivity index (χ0) is 13.0. The highest BCUT2D eigenvalue weighted by atomic mass is 16.5. The number of benzene rings is 2. The lowest BCUT2D eigenvalue weighted by atomic mass is 9.98. The molecular weight excluding hydrogens is 226 g/mol. The van der Waals surface area contributed by atoms with E-state index >= 15 is 0 Å². The van der Waals surface area contributed by atoms with Gasteiger partial charge in [0, 0.05) is 11.6 Å². The van der Waals surface area contributed by atoms with E-state index in [4.69, 9.17) is 4.74 Å². The van der Waals surface area contributed by atoms with Gasteiger partial charge in [-0.15, -0.1) is 0 Å². The minimum absolute atomic E-state index is 0.0305. The molecule has 1 unspecified atom stereocenters. The highest BCUT2D eigenvalue weighted by molar-refractivity contribution is 5.45. The zero-order valence-corrected chi connectivity index (χ0v) is 10.6. The van der Waals surface area contributed by atoms with E-state index in [0.717, 1.165) is 11.1 Å². The molecule has 2 N–H and O–H groups in total. The minimum atomic E-state index is -0.0305. The highest BCUT2D eigenvalue weighted by Gasteiger charge is 2.15. The Morgan fingerprint density at radius 2 is 1.83 bits per heavy atom. The van der Waals surface area contributed by atoms with E-state index < -0.39 is 0 Å². The largest absolute Gasteiger partial charge is 0.507 e. The summed E-state index contributed by atoms with van der Waals surface area (Å²) < 4.78 is 5.09. The Labute approximate surface area is 107 Å². The first-order chi connectivity index (χ1) is 8.76. The quantitative estimate of drug-likeness (QED) is 0.867. The molecule has 0 radical (unpaired) electrons. The third kappa shape index (κ3) is 2.46. The molecule has 0 aliphatic heterocycles. The summed E-state index contributed by atoms with van der Waals surface area (Å²) in [5.41, 5.74) is 1.95. The van der Waals surface area contributed by atoms with Crippen LogP contribution >= 0.6 is 0 Å². The number of aromatic hydroxyl groups is 1. The standard InChI is InChI=1S/C15H17NO2/c1-16-15(11-6-4-3-5-7-11)13-9-8-12(18-2)10-14(13)17/h3-10,15-17H,1-2H3. The van der Waals surface area contributed by atoms with Crippen molar-refractivity contribution in [1.82, 2.24) is 5.32 Å². The van der Waals surface area contributed by atoms with E-state index in [9.17, 15) is 5.11 Å². The molecule has 2 rings (SSSR count). The van der Waals surface area contributed by atoms with Crippen LogP contribution in [0.15, 0.2) is 48.5 Å². The maximum absolute atomic E-state index is 10.1. The summed E-state index contributed by atoms with van der Waals surface area (Å²) in [6.07, 6.45) is 0. The third-order valence-electron chi connectivity index (χ3n) is 2.97. The summed E-state index contributed by atoms with van der Waals surface area (Å²) in [4.78, 5) is 0. The van der Waals surface area contributed by atoms with E-state index in [1.54, 1.807) is 13.2 Å². The van der Waals surface area contributed by atoms with E-state index in [2.05, 4.69) is 5.32 Å². The maximum Gasteiger partial charge on any atom is 0.124 e. The van der Waals surface area contributed by atoms with Gasteiger partial charge >= 0.3 is 0 Å². The molecule has 3 heteroatoms. The number of hydrogen-bond acceptors (Lipinski definition) is 3. The van der Waals surface area contributed by atoms with Crippen LogP contribution in [0, 0.1) is 0 Å². The van der Waals surface area contributed by atoms with Crippen LogP contribution in [0.5, 0.6) is 11.5 Å². The van der Waals surface area contributed by atoms with Crippen molar-refractivity contribution in [3.8, 4) is 11.5 Å². The molecule has 2 aromatic carbocycles. The summed E-state index contributed by atoms with van der Waals surface area (Å²) >= 11 is 0. The van der Waals surface area contributed by atoms with Gasteiger partial charge in [-0.25, -0.2) is 0 Å². The Morgan fingerprint density at radius 1 is 1.11 bits per heavy atom. The Morgan fingerprint density at radius 3 is 2.39 bits per heavy atom. The Balaban J connectivity index is 2.39. The van der Waals surface area contributed by atoms with E-state index in [1.165, 1.54) is 0 Å². The Bertz CT molecular complexity index is 511. The molecule has 0 spiro atoms. The molecule has 0 aliphatic carbocycles. The van der Waals surface area contributed by atoms with Gasteiger partial charge in [-0.3, -0.25) is 0 Å². The van der Waals surface area contributed by atoms with Crippen LogP contribution in [-0.4, -0.2) is 19.3 Å². The number of methoxy groups -OCH3 is 1. The minimum Gasteiger partial charge on any atom is -0.507 e. The number of nitrogens with one attached hydrogen (secondary N) is 1. The summed E-state index contributed by atoms with van der Waals surface area (Å²) in [5.74, 6) is 0.886. The van der Waals surface area contributed by atoms with Gasteiger partial charge in [0.25, 0.3) is 0 Å². The normalized spacial score (nSPS) is 12.1. The first-order valence-electron chi connectivity index (χ1n) is 5.85. The second-order valence-corrected chi connectivity index (χ2v) is 4.06. The first kappa shape index (κ1) is 12.5. The van der Waals surface area contributed by atoms with Crippen LogP contribution < -0.4 is 10.1 Å². The van der Waals surface area contributed by atoms with Crippen LogP contribution in [0.4, 0.5) is 0 Å². The van der Waals surface area contributed by atoms with Crippen molar-refractivity contribution in [1.29, 1.82) is 0 Å². The lowest BCUT2D eigenvalue weighted by Crippen LogP contribution is -2.17. The predicted molar refractivity (Wildman–Crippen MR) is 72.0 cm³/mol. The second kappa shape index (κ2) is 5.56. The number of phenols is 1. The van der Waals surface area contributed by atoms with Gasteiger partial charge in [-0.1, -0.05) is 30.3 Å². The van der Waals surface area contributed by atoms with Crippen molar-refractivity contribution in [2.75, 3.05) is 14.2 Å². The Kier molecular flexibility index (Phi) is 3.85. The lowest BCUT2D eigenvalue weighted by molar-refractivity contribution is 0.405. The monoisotopic (exact) mass is 243 g/mol. The van der Waals surface area contributed by atoms with E-state index in [-0.39, 0.29) is 11.8 Å². The van der Waals surface area contributed by atoms with Gasteiger partial charge in [0.1, 0.15) is 11.5 Å². The van der Waals surface area contributed by atoms with Gasteiger partial charge in [-0.2, -0.15) is 0 Å². The molecule has 0 heterocycles. The highest BCUT2D eigenvalue weighted by Crippen LogP contribution is 2.31. The van der Waals surface area contributed by atoms with Gasteiger partial charge in [-0.05, 0) is 24.7 Å². The number of ether oxygens (including phenoxy) is 1. The summed E-state index contributed by atoms with van der Waals surface area (Å²) in [5, 5.41) is 13.3. The van der Waals surface area contributed by atoms with Crippen LogP contribution in [0.1, 0.15) is 17.2 Å². The third-order valence-corrected chi connectivity index (χ3v) is 2.97. The fraction of sp³-hybridized carbons (Fsp3) is 0.200. The molecule has 0 aromatic heterocycles. The SMILES string of the molecule is CNC(c1ccccc1)c1ccc(OC)cc1O. The molecule has 0 saturated carbocycles. The number of phenolic OH excluding ortho intramolecular Hbond substituents is 1. The van der Waals surface area contributed by atoms with Crippen LogP contribution in [-0.2, 0) is 0 Å².